The largest absolute Gasteiger partial charge is 0.396 e. The molecule has 18 heavy (non-hydrogen) atoms. The van der Waals surface area contributed by atoms with E-state index in [1.54, 1.807) is 0 Å². The maximum atomic E-state index is 9.00. The fourth-order valence-corrected chi connectivity index (χ4v) is 2.31. The molecular formula is C16H21NO. The van der Waals surface area contributed by atoms with Crippen molar-refractivity contribution >= 4 is 10.8 Å². The monoisotopic (exact) mass is 243 g/mol. The summed E-state index contributed by atoms with van der Waals surface area (Å²) >= 11 is 0. The highest BCUT2D eigenvalue weighted by atomic mass is 16.3. The Labute approximate surface area is 109 Å². The summed E-state index contributed by atoms with van der Waals surface area (Å²) in [5, 5.41) is 15.1. The van der Waals surface area contributed by atoms with E-state index in [9.17, 15) is 0 Å². The molecule has 0 aliphatic heterocycles. The van der Waals surface area contributed by atoms with E-state index in [0.717, 1.165) is 19.4 Å². The van der Waals surface area contributed by atoms with Crippen molar-refractivity contribution in [2.24, 2.45) is 0 Å². The summed E-state index contributed by atoms with van der Waals surface area (Å²) in [5.74, 6) is 0. The van der Waals surface area contributed by atoms with Gasteiger partial charge >= 0.3 is 0 Å². The Morgan fingerprint density at radius 2 is 1.89 bits per heavy atom. The summed E-state index contributed by atoms with van der Waals surface area (Å²) in [5.41, 5.74) is 1.32. The molecule has 2 aromatic carbocycles. The highest BCUT2D eigenvalue weighted by Crippen LogP contribution is 2.18. The van der Waals surface area contributed by atoms with Crippen LogP contribution in [-0.2, 0) is 6.54 Å². The van der Waals surface area contributed by atoms with Crippen LogP contribution in [0.3, 0.4) is 0 Å². The van der Waals surface area contributed by atoms with Crippen molar-refractivity contribution in [3.05, 3.63) is 48.0 Å². The molecule has 0 saturated carbocycles. The fourth-order valence-electron chi connectivity index (χ4n) is 2.31. The third-order valence-corrected chi connectivity index (χ3v) is 3.43. The van der Waals surface area contributed by atoms with Crippen LogP contribution in [0.15, 0.2) is 42.5 Å². The maximum Gasteiger partial charge on any atom is 0.0445 e. The summed E-state index contributed by atoms with van der Waals surface area (Å²) in [6, 6.07) is 15.3. The molecule has 0 spiro atoms. The highest BCUT2D eigenvalue weighted by Gasteiger charge is 2.06. The third kappa shape index (κ3) is 3.09. The lowest BCUT2D eigenvalue weighted by Gasteiger charge is -2.16. The lowest BCUT2D eigenvalue weighted by molar-refractivity contribution is 0.262. The van der Waals surface area contributed by atoms with Crippen LogP contribution in [0.1, 0.15) is 25.3 Å². The van der Waals surface area contributed by atoms with E-state index in [4.69, 9.17) is 5.11 Å². The first kappa shape index (κ1) is 13.1. The number of benzene rings is 2. The van der Waals surface area contributed by atoms with Gasteiger partial charge in [-0.1, -0.05) is 49.4 Å². The zero-order valence-electron chi connectivity index (χ0n) is 10.9. The van der Waals surface area contributed by atoms with Gasteiger partial charge in [0.1, 0.15) is 0 Å². The van der Waals surface area contributed by atoms with Gasteiger partial charge in [0.2, 0.25) is 0 Å². The minimum Gasteiger partial charge on any atom is -0.396 e. The van der Waals surface area contributed by atoms with Gasteiger partial charge in [-0.25, -0.2) is 0 Å². The zero-order chi connectivity index (χ0) is 12.8. The molecule has 0 bridgehead atoms. The van der Waals surface area contributed by atoms with Gasteiger partial charge in [0.05, 0.1) is 0 Å². The quantitative estimate of drug-likeness (QED) is 0.817. The molecule has 0 aliphatic carbocycles. The molecule has 2 rings (SSSR count). The Kier molecular flexibility index (Phi) is 4.73. The van der Waals surface area contributed by atoms with Crippen LogP contribution in [0.25, 0.3) is 10.8 Å². The lowest BCUT2D eigenvalue weighted by Crippen LogP contribution is -2.28. The van der Waals surface area contributed by atoms with Crippen molar-refractivity contribution in [2.45, 2.75) is 32.4 Å². The average molecular weight is 243 g/mol. The SMILES string of the molecule is CCC(CCO)NCc1cccc2ccccc12. The van der Waals surface area contributed by atoms with Crippen LogP contribution in [0, 0.1) is 0 Å². The molecule has 2 nitrogen and oxygen atoms in total. The molecule has 0 aromatic heterocycles. The smallest absolute Gasteiger partial charge is 0.0445 e. The molecule has 0 aliphatic rings. The van der Waals surface area contributed by atoms with Crippen LogP contribution in [0.4, 0.5) is 0 Å². The molecule has 0 saturated heterocycles. The van der Waals surface area contributed by atoms with Crippen LogP contribution in [0.5, 0.6) is 0 Å². The zero-order valence-corrected chi connectivity index (χ0v) is 10.9. The van der Waals surface area contributed by atoms with E-state index >= 15 is 0 Å². The molecule has 2 N–H and O–H groups in total. The predicted molar refractivity (Wildman–Crippen MR) is 76.6 cm³/mol. The minimum atomic E-state index is 0.251. The Balaban J connectivity index is 2.11. The second-order valence-corrected chi connectivity index (χ2v) is 4.64. The van der Waals surface area contributed by atoms with Crippen LogP contribution in [0.2, 0.25) is 0 Å². The molecule has 1 unspecified atom stereocenters. The second kappa shape index (κ2) is 6.53. The van der Waals surface area contributed by atoms with Gasteiger partial charge in [-0.3, -0.25) is 0 Å². The van der Waals surface area contributed by atoms with Gasteiger partial charge in [0.15, 0.2) is 0 Å². The van der Waals surface area contributed by atoms with Crippen LogP contribution < -0.4 is 5.32 Å². The molecule has 2 heteroatoms. The maximum absolute atomic E-state index is 9.00. The summed E-state index contributed by atoms with van der Waals surface area (Å²) in [4.78, 5) is 0. The van der Waals surface area contributed by atoms with Gasteiger partial charge in [0, 0.05) is 19.2 Å². The molecule has 2 aromatic rings. The van der Waals surface area contributed by atoms with Crippen LogP contribution in [-0.4, -0.2) is 17.8 Å². The Bertz CT molecular complexity index is 490. The number of aliphatic hydroxyl groups is 1. The van der Waals surface area contributed by atoms with Crippen molar-refractivity contribution in [2.75, 3.05) is 6.61 Å². The topological polar surface area (TPSA) is 32.3 Å². The van der Waals surface area contributed by atoms with Gasteiger partial charge in [-0.2, -0.15) is 0 Å². The fraction of sp³-hybridized carbons (Fsp3) is 0.375. The Hall–Kier alpha value is -1.38. The molecule has 0 fully saturated rings. The van der Waals surface area contributed by atoms with E-state index < -0.39 is 0 Å². The summed E-state index contributed by atoms with van der Waals surface area (Å²) in [6.07, 6.45) is 1.87. The van der Waals surface area contributed by atoms with E-state index in [1.165, 1.54) is 16.3 Å². The predicted octanol–water partition coefficient (Wildman–Crippen LogP) is 3.09. The first-order valence-electron chi connectivity index (χ1n) is 6.66. The molecule has 0 amide bonds. The van der Waals surface area contributed by atoms with Gasteiger partial charge in [-0.15, -0.1) is 0 Å². The molecule has 96 valence electrons. The van der Waals surface area contributed by atoms with Crippen molar-refractivity contribution < 1.29 is 5.11 Å². The normalized spacial score (nSPS) is 12.8. The number of rotatable bonds is 6. The second-order valence-electron chi connectivity index (χ2n) is 4.64. The van der Waals surface area contributed by atoms with E-state index in [1.807, 2.05) is 0 Å². The summed E-state index contributed by atoms with van der Waals surface area (Å²) in [6.45, 7) is 3.26. The first-order chi connectivity index (χ1) is 8.85. The van der Waals surface area contributed by atoms with Crippen molar-refractivity contribution in [1.29, 1.82) is 0 Å². The molecular weight excluding hydrogens is 222 g/mol. The number of fused-ring (bicyclic) bond motifs is 1. The number of aliphatic hydroxyl groups excluding tert-OH is 1. The highest BCUT2D eigenvalue weighted by molar-refractivity contribution is 5.85. The van der Waals surface area contributed by atoms with E-state index in [-0.39, 0.29) is 6.61 Å². The van der Waals surface area contributed by atoms with Gasteiger partial charge in [-0.05, 0) is 29.2 Å². The van der Waals surface area contributed by atoms with E-state index in [2.05, 4.69) is 54.7 Å². The summed E-state index contributed by atoms with van der Waals surface area (Å²) in [7, 11) is 0. The van der Waals surface area contributed by atoms with Gasteiger partial charge in [0.25, 0.3) is 0 Å². The Morgan fingerprint density at radius 1 is 1.11 bits per heavy atom. The molecule has 0 heterocycles. The first-order valence-corrected chi connectivity index (χ1v) is 6.66. The Morgan fingerprint density at radius 3 is 2.67 bits per heavy atom. The number of hydrogen-bond acceptors (Lipinski definition) is 2. The molecule has 1 atom stereocenters. The molecule has 0 radical (unpaired) electrons. The lowest BCUT2D eigenvalue weighted by atomic mass is 10.0. The number of hydrogen-bond donors (Lipinski definition) is 2. The van der Waals surface area contributed by atoms with Crippen molar-refractivity contribution in [3.8, 4) is 0 Å². The third-order valence-electron chi connectivity index (χ3n) is 3.43. The standard InChI is InChI=1S/C16H21NO/c1-2-15(10-11-18)17-12-14-8-5-7-13-6-3-4-9-16(13)14/h3-9,15,17-18H,2,10-12H2,1H3. The summed E-state index contributed by atoms with van der Waals surface area (Å²) < 4.78 is 0. The van der Waals surface area contributed by atoms with E-state index in [0.29, 0.717) is 6.04 Å². The minimum absolute atomic E-state index is 0.251. The van der Waals surface area contributed by atoms with Crippen molar-refractivity contribution in [1.82, 2.24) is 5.32 Å². The van der Waals surface area contributed by atoms with Crippen LogP contribution >= 0.6 is 0 Å². The average Bonchev–Trinajstić information content (AvgIpc) is 2.43. The van der Waals surface area contributed by atoms with Crippen molar-refractivity contribution in [3.63, 3.8) is 0 Å². The van der Waals surface area contributed by atoms with Gasteiger partial charge < -0.3 is 10.4 Å². The number of nitrogens with one attached hydrogen (secondary N) is 1.